The topological polar surface area (TPSA) is 84.9 Å². The Bertz CT molecular complexity index is 933. The lowest BCUT2D eigenvalue weighted by molar-refractivity contribution is 0.962. The molecule has 0 radical (unpaired) electrons. The monoisotopic (exact) mass is 264 g/mol. The predicted molar refractivity (Wildman–Crippen MR) is 77.2 cm³/mol. The van der Waals surface area contributed by atoms with E-state index in [1.165, 1.54) is 0 Å². The molecule has 98 valence electrons. The average Bonchev–Trinajstić information content (AvgIpc) is 3.02. The molecule has 3 N–H and O–H groups in total. The number of nitrogen functional groups attached to an aromatic ring is 1. The first kappa shape index (κ1) is 11.0. The highest BCUT2D eigenvalue weighted by atomic mass is 15.2. The van der Waals surface area contributed by atoms with Gasteiger partial charge < -0.3 is 10.7 Å². The van der Waals surface area contributed by atoms with Gasteiger partial charge in [0.25, 0.3) is 0 Å². The SMILES string of the molecule is Cc1cnn2ccc(-c3c[nH]c4nc(N)ncc34)cc12. The van der Waals surface area contributed by atoms with Crippen LogP contribution in [0.25, 0.3) is 27.7 Å². The van der Waals surface area contributed by atoms with E-state index in [9.17, 15) is 0 Å². The van der Waals surface area contributed by atoms with E-state index in [4.69, 9.17) is 5.73 Å². The van der Waals surface area contributed by atoms with Gasteiger partial charge in [-0.05, 0) is 30.2 Å². The molecule has 4 rings (SSSR count). The van der Waals surface area contributed by atoms with Gasteiger partial charge in [0.2, 0.25) is 5.95 Å². The van der Waals surface area contributed by atoms with Crippen molar-refractivity contribution in [2.24, 2.45) is 0 Å². The first-order valence-corrected chi connectivity index (χ1v) is 6.26. The molecule has 4 aromatic rings. The maximum absolute atomic E-state index is 5.60. The zero-order chi connectivity index (χ0) is 13.7. The third-order valence-electron chi connectivity index (χ3n) is 3.48. The number of rotatable bonds is 1. The lowest BCUT2D eigenvalue weighted by Crippen LogP contribution is -1.93. The van der Waals surface area contributed by atoms with Crippen LogP contribution in [0.4, 0.5) is 5.95 Å². The summed E-state index contributed by atoms with van der Waals surface area (Å²) in [5.74, 6) is 0.271. The summed E-state index contributed by atoms with van der Waals surface area (Å²) in [6, 6.07) is 4.14. The van der Waals surface area contributed by atoms with Crippen molar-refractivity contribution in [3.63, 3.8) is 0 Å². The van der Waals surface area contributed by atoms with E-state index >= 15 is 0 Å². The summed E-state index contributed by atoms with van der Waals surface area (Å²) in [7, 11) is 0. The average molecular weight is 264 g/mol. The number of fused-ring (bicyclic) bond motifs is 2. The van der Waals surface area contributed by atoms with E-state index in [0.29, 0.717) is 0 Å². The number of aryl methyl sites for hydroxylation is 1. The fourth-order valence-electron chi connectivity index (χ4n) is 2.43. The highest BCUT2D eigenvalue weighted by Gasteiger charge is 2.09. The summed E-state index contributed by atoms with van der Waals surface area (Å²) >= 11 is 0. The first-order valence-electron chi connectivity index (χ1n) is 6.26. The number of hydrogen-bond acceptors (Lipinski definition) is 4. The second kappa shape index (κ2) is 3.80. The zero-order valence-electron chi connectivity index (χ0n) is 10.8. The molecular formula is C14H12N6. The van der Waals surface area contributed by atoms with Crippen molar-refractivity contribution in [2.75, 3.05) is 5.73 Å². The van der Waals surface area contributed by atoms with Crippen LogP contribution in [0.15, 0.2) is 36.9 Å². The minimum absolute atomic E-state index is 0.271. The third-order valence-corrected chi connectivity index (χ3v) is 3.48. The molecule has 0 unspecified atom stereocenters. The van der Waals surface area contributed by atoms with Gasteiger partial charge in [0.05, 0.1) is 11.7 Å². The van der Waals surface area contributed by atoms with Gasteiger partial charge in [-0.2, -0.15) is 10.1 Å². The number of aromatic amines is 1. The molecule has 0 spiro atoms. The summed E-state index contributed by atoms with van der Waals surface area (Å²) in [6.45, 7) is 2.05. The van der Waals surface area contributed by atoms with Crippen molar-refractivity contribution >= 4 is 22.5 Å². The molecule has 0 aliphatic rings. The number of pyridine rings is 1. The Labute approximate surface area is 114 Å². The highest BCUT2D eigenvalue weighted by molar-refractivity contribution is 5.94. The molecule has 0 bridgehead atoms. The number of nitrogens with two attached hydrogens (primary N) is 1. The lowest BCUT2D eigenvalue weighted by Gasteiger charge is -2.01. The van der Waals surface area contributed by atoms with Crippen LogP contribution in [0, 0.1) is 6.92 Å². The minimum Gasteiger partial charge on any atom is -0.368 e. The molecule has 6 heteroatoms. The van der Waals surface area contributed by atoms with Gasteiger partial charge in [-0.15, -0.1) is 0 Å². The standard InChI is InChI=1S/C14H12N6/c1-8-5-18-20-3-2-9(4-12(8)20)10-6-16-13-11(10)7-17-14(15)19-13/h2-7H,1H3,(H3,15,16,17,19). The van der Waals surface area contributed by atoms with Crippen LogP contribution in [0.2, 0.25) is 0 Å². The van der Waals surface area contributed by atoms with Crippen molar-refractivity contribution in [3.05, 3.63) is 42.5 Å². The Hall–Kier alpha value is -2.89. The zero-order valence-corrected chi connectivity index (χ0v) is 10.8. The second-order valence-corrected chi connectivity index (χ2v) is 4.77. The maximum atomic E-state index is 5.60. The molecule has 0 aromatic carbocycles. The summed E-state index contributed by atoms with van der Waals surface area (Å²) in [5.41, 5.74) is 10.7. The Balaban J connectivity index is 1.98. The van der Waals surface area contributed by atoms with Crippen LogP contribution < -0.4 is 5.73 Å². The fourth-order valence-corrected chi connectivity index (χ4v) is 2.43. The van der Waals surface area contributed by atoms with E-state index in [-0.39, 0.29) is 5.95 Å². The van der Waals surface area contributed by atoms with Crippen molar-refractivity contribution in [1.29, 1.82) is 0 Å². The van der Waals surface area contributed by atoms with E-state index in [1.54, 1.807) is 6.20 Å². The van der Waals surface area contributed by atoms with E-state index in [1.807, 2.05) is 36.1 Å². The fraction of sp³-hybridized carbons (Fsp3) is 0.0714. The van der Waals surface area contributed by atoms with Crippen molar-refractivity contribution in [2.45, 2.75) is 6.92 Å². The lowest BCUT2D eigenvalue weighted by atomic mass is 10.1. The molecule has 4 heterocycles. The van der Waals surface area contributed by atoms with Crippen molar-refractivity contribution in [3.8, 4) is 11.1 Å². The van der Waals surface area contributed by atoms with Crippen molar-refractivity contribution < 1.29 is 0 Å². The third kappa shape index (κ3) is 1.48. The van der Waals surface area contributed by atoms with E-state index in [0.717, 1.165) is 33.2 Å². The van der Waals surface area contributed by atoms with Gasteiger partial charge in [0, 0.05) is 29.5 Å². The molecule has 4 aromatic heterocycles. The summed E-state index contributed by atoms with van der Waals surface area (Å²) < 4.78 is 1.86. The van der Waals surface area contributed by atoms with Crippen LogP contribution in [0.3, 0.4) is 0 Å². The van der Waals surface area contributed by atoms with E-state index in [2.05, 4.69) is 26.1 Å². The molecule has 6 nitrogen and oxygen atoms in total. The number of nitrogens with one attached hydrogen (secondary N) is 1. The summed E-state index contributed by atoms with van der Waals surface area (Å²) in [4.78, 5) is 11.4. The second-order valence-electron chi connectivity index (χ2n) is 4.77. The molecule has 0 amide bonds. The van der Waals surface area contributed by atoms with Gasteiger partial charge in [-0.1, -0.05) is 0 Å². The molecule has 0 atom stereocenters. The molecule has 0 saturated carbocycles. The maximum Gasteiger partial charge on any atom is 0.221 e. The summed E-state index contributed by atoms with van der Waals surface area (Å²) in [6.07, 6.45) is 7.49. The number of hydrogen-bond donors (Lipinski definition) is 2. The van der Waals surface area contributed by atoms with Crippen LogP contribution in [0.5, 0.6) is 0 Å². The quantitative estimate of drug-likeness (QED) is 0.551. The van der Waals surface area contributed by atoms with E-state index < -0.39 is 0 Å². The molecule has 20 heavy (non-hydrogen) atoms. The van der Waals surface area contributed by atoms with Crippen LogP contribution in [0.1, 0.15) is 5.56 Å². The number of nitrogens with zero attached hydrogens (tertiary/aromatic N) is 4. The number of aromatic nitrogens is 5. The number of H-pyrrole nitrogens is 1. The Morgan fingerprint density at radius 3 is 3.10 bits per heavy atom. The van der Waals surface area contributed by atoms with Gasteiger partial charge >= 0.3 is 0 Å². The Morgan fingerprint density at radius 1 is 1.30 bits per heavy atom. The predicted octanol–water partition coefficient (Wildman–Crippen LogP) is 2.16. The van der Waals surface area contributed by atoms with Crippen LogP contribution >= 0.6 is 0 Å². The summed E-state index contributed by atoms with van der Waals surface area (Å²) in [5, 5.41) is 5.24. The van der Waals surface area contributed by atoms with Crippen LogP contribution in [-0.2, 0) is 0 Å². The largest absolute Gasteiger partial charge is 0.368 e. The van der Waals surface area contributed by atoms with Gasteiger partial charge in [0.15, 0.2) is 0 Å². The molecule has 0 aliphatic carbocycles. The smallest absolute Gasteiger partial charge is 0.221 e. The number of anilines is 1. The van der Waals surface area contributed by atoms with Gasteiger partial charge in [-0.25, -0.2) is 9.50 Å². The Morgan fingerprint density at radius 2 is 2.20 bits per heavy atom. The molecular weight excluding hydrogens is 252 g/mol. The van der Waals surface area contributed by atoms with Crippen molar-refractivity contribution in [1.82, 2.24) is 24.6 Å². The normalized spacial score (nSPS) is 11.4. The van der Waals surface area contributed by atoms with Gasteiger partial charge in [-0.3, -0.25) is 0 Å². The Kier molecular flexibility index (Phi) is 2.09. The van der Waals surface area contributed by atoms with Gasteiger partial charge in [0.1, 0.15) is 5.65 Å². The highest BCUT2D eigenvalue weighted by Crippen LogP contribution is 2.28. The first-order chi connectivity index (χ1) is 9.72. The molecule has 0 saturated heterocycles. The molecule has 0 aliphatic heterocycles. The minimum atomic E-state index is 0.271. The van der Waals surface area contributed by atoms with Crippen LogP contribution in [-0.4, -0.2) is 24.6 Å². The molecule has 0 fully saturated rings.